The van der Waals surface area contributed by atoms with Gasteiger partial charge in [0.25, 0.3) is 0 Å². The third-order valence-corrected chi connectivity index (χ3v) is 6.78. The van der Waals surface area contributed by atoms with Gasteiger partial charge in [-0.05, 0) is 53.8 Å². The maximum absolute atomic E-state index is 14.0. The van der Waals surface area contributed by atoms with Crippen molar-refractivity contribution in [3.8, 4) is 0 Å². The molecule has 1 unspecified atom stereocenters. The van der Waals surface area contributed by atoms with Crippen molar-refractivity contribution in [2.45, 2.75) is 38.1 Å². The van der Waals surface area contributed by atoms with Gasteiger partial charge < -0.3 is 0 Å². The lowest BCUT2D eigenvalue weighted by Crippen LogP contribution is -2.38. The highest BCUT2D eigenvalue weighted by Gasteiger charge is 2.60. The number of halogens is 7. The summed E-state index contributed by atoms with van der Waals surface area (Å²) >= 11 is 15.2. The lowest BCUT2D eigenvalue weighted by Gasteiger charge is -2.30. The summed E-state index contributed by atoms with van der Waals surface area (Å²) in [6.07, 6.45) is -5.05. The lowest BCUT2D eigenvalue weighted by molar-refractivity contribution is -0.159. The van der Waals surface area contributed by atoms with Crippen molar-refractivity contribution in [1.29, 1.82) is 0 Å². The molecule has 1 aliphatic heterocycles. The van der Waals surface area contributed by atoms with Gasteiger partial charge in [0.05, 0.1) is 15.8 Å². The van der Waals surface area contributed by atoms with Crippen LogP contribution in [-0.2, 0) is 4.75 Å². The van der Waals surface area contributed by atoms with Crippen LogP contribution in [0.2, 0.25) is 10.0 Å². The molecule has 0 aromatic heterocycles. The first kappa shape index (κ1) is 23.5. The van der Waals surface area contributed by atoms with E-state index in [1.807, 2.05) is 20.8 Å². The monoisotopic (exact) mass is 515 g/mol. The number of nitrogens with zero attached hydrogens (tertiary/aromatic N) is 1. The smallest absolute Gasteiger partial charge is 0.219 e. The van der Waals surface area contributed by atoms with E-state index in [4.69, 9.17) is 23.2 Å². The Morgan fingerprint density at radius 1 is 1.11 bits per heavy atom. The second kappa shape index (κ2) is 8.94. The molecule has 0 N–H and O–H groups in total. The molecule has 152 valence electrons. The summed E-state index contributed by atoms with van der Waals surface area (Å²) in [6, 6.07) is 7.17. The molecule has 0 fully saturated rings. The SMILES string of the molecule is CC.Cc1ccc(C2=NSC(c3cc(Cl)c(F)c(Cl)c3)(C(F)(F)F)C2)cc1Br. The van der Waals surface area contributed by atoms with Crippen LogP contribution >= 0.6 is 51.1 Å². The zero-order valence-electron chi connectivity index (χ0n) is 15.1. The Kier molecular flexibility index (Phi) is 7.51. The summed E-state index contributed by atoms with van der Waals surface area (Å²) in [7, 11) is 0. The van der Waals surface area contributed by atoms with E-state index in [0.29, 0.717) is 23.2 Å². The average Bonchev–Trinajstić information content (AvgIpc) is 3.10. The Labute approximate surface area is 183 Å². The van der Waals surface area contributed by atoms with Crippen molar-refractivity contribution in [2.75, 3.05) is 0 Å². The number of hydrogen-bond donors (Lipinski definition) is 0. The van der Waals surface area contributed by atoms with Gasteiger partial charge in [-0.3, -0.25) is 0 Å². The summed E-state index contributed by atoms with van der Waals surface area (Å²) in [5.41, 5.74) is 1.61. The lowest BCUT2D eigenvalue weighted by atomic mass is 9.89. The molecule has 0 spiro atoms. The molecule has 1 nitrogen and oxygen atoms in total. The molecule has 0 amide bonds. The molecule has 0 radical (unpaired) electrons. The minimum Gasteiger partial charge on any atom is -0.219 e. The maximum atomic E-state index is 14.0. The number of rotatable bonds is 2. The molecule has 0 bridgehead atoms. The minimum atomic E-state index is -4.64. The number of aryl methyl sites for hydroxylation is 1. The Hall–Kier alpha value is -0.760. The molecule has 9 heteroatoms. The Balaban J connectivity index is 0.00000136. The van der Waals surface area contributed by atoms with Crippen LogP contribution in [0, 0.1) is 12.7 Å². The first-order valence-corrected chi connectivity index (χ1v) is 10.6. The molecule has 2 aromatic rings. The predicted octanol–water partition coefficient (Wildman–Crippen LogP) is 8.53. The van der Waals surface area contributed by atoms with Gasteiger partial charge in [-0.25, -0.2) is 8.79 Å². The van der Waals surface area contributed by atoms with Crippen LogP contribution in [0.15, 0.2) is 39.2 Å². The van der Waals surface area contributed by atoms with Gasteiger partial charge in [0.15, 0.2) is 10.6 Å². The second-order valence-corrected chi connectivity index (χ2v) is 8.58. The van der Waals surface area contributed by atoms with E-state index in [0.717, 1.165) is 22.2 Å². The third kappa shape index (κ3) is 4.37. The van der Waals surface area contributed by atoms with Crippen LogP contribution in [0.1, 0.15) is 37.0 Å². The van der Waals surface area contributed by atoms with E-state index in [2.05, 4.69) is 20.3 Å². The van der Waals surface area contributed by atoms with Crippen LogP contribution < -0.4 is 0 Å². The van der Waals surface area contributed by atoms with Crippen molar-refractivity contribution in [3.05, 3.63) is 67.4 Å². The molecule has 1 aliphatic rings. The van der Waals surface area contributed by atoms with Gasteiger partial charge in [-0.2, -0.15) is 13.2 Å². The normalized spacial score (nSPS) is 19.1. The molecular formula is C19H16BrCl2F4NS. The van der Waals surface area contributed by atoms with Crippen LogP contribution in [0.25, 0.3) is 0 Å². The van der Waals surface area contributed by atoms with Crippen LogP contribution in [0.4, 0.5) is 17.6 Å². The molecule has 0 aliphatic carbocycles. The highest BCUT2D eigenvalue weighted by molar-refractivity contribution is 9.10. The van der Waals surface area contributed by atoms with Gasteiger partial charge in [0, 0.05) is 10.9 Å². The number of hydrogen-bond acceptors (Lipinski definition) is 2. The number of alkyl halides is 3. The van der Waals surface area contributed by atoms with E-state index in [1.54, 1.807) is 18.2 Å². The fourth-order valence-corrected chi connectivity index (χ4v) is 4.45. The highest BCUT2D eigenvalue weighted by atomic mass is 79.9. The van der Waals surface area contributed by atoms with Crippen molar-refractivity contribution >= 4 is 56.8 Å². The summed E-state index contributed by atoms with van der Waals surface area (Å²) in [5, 5.41) is -0.911. The average molecular weight is 517 g/mol. The van der Waals surface area contributed by atoms with Crippen LogP contribution in [0.3, 0.4) is 0 Å². The van der Waals surface area contributed by atoms with Gasteiger partial charge >= 0.3 is 6.18 Å². The highest BCUT2D eigenvalue weighted by Crippen LogP contribution is 2.57. The zero-order valence-corrected chi connectivity index (χ0v) is 19.0. The molecule has 1 heterocycles. The summed E-state index contributed by atoms with van der Waals surface area (Å²) in [6.45, 7) is 5.88. The first-order chi connectivity index (χ1) is 13.0. The quantitative estimate of drug-likeness (QED) is 0.221. The molecule has 1 atom stereocenters. The van der Waals surface area contributed by atoms with Crippen LogP contribution in [0.5, 0.6) is 0 Å². The minimum absolute atomic E-state index is 0.226. The van der Waals surface area contributed by atoms with Crippen molar-refractivity contribution in [3.63, 3.8) is 0 Å². The van der Waals surface area contributed by atoms with E-state index in [-0.39, 0.29) is 5.56 Å². The van der Waals surface area contributed by atoms with Gasteiger partial charge in [0.1, 0.15) is 0 Å². The van der Waals surface area contributed by atoms with Gasteiger partial charge in [-0.1, -0.05) is 65.1 Å². The molecule has 2 aromatic carbocycles. The molecule has 3 rings (SSSR count). The van der Waals surface area contributed by atoms with Gasteiger partial charge in [0.2, 0.25) is 0 Å². The Morgan fingerprint density at radius 2 is 1.68 bits per heavy atom. The standard InChI is InChI=1S/C17H10BrCl2F4NS.C2H6/c1-8-2-3-9(4-11(8)18)14-7-16(26-25-14,17(22,23)24)10-5-12(19)15(21)13(20)6-10;1-2/h2-6H,7H2,1H3;1-2H3. The predicted molar refractivity (Wildman–Crippen MR) is 113 cm³/mol. The Bertz CT molecular complexity index is 894. The Morgan fingerprint density at radius 3 is 2.18 bits per heavy atom. The number of benzene rings is 2. The van der Waals surface area contributed by atoms with E-state index < -0.39 is 33.2 Å². The first-order valence-electron chi connectivity index (χ1n) is 8.28. The fourth-order valence-electron chi connectivity index (χ4n) is 2.62. The van der Waals surface area contributed by atoms with E-state index >= 15 is 0 Å². The second-order valence-electron chi connectivity index (χ2n) is 5.85. The molecule has 28 heavy (non-hydrogen) atoms. The largest absolute Gasteiger partial charge is 0.409 e. The van der Waals surface area contributed by atoms with Gasteiger partial charge in [-0.15, -0.1) is 0 Å². The summed E-state index contributed by atoms with van der Waals surface area (Å²) in [4.78, 5) is 0. The van der Waals surface area contributed by atoms with Crippen molar-refractivity contribution in [2.24, 2.45) is 4.40 Å². The van der Waals surface area contributed by atoms with Crippen LogP contribution in [-0.4, -0.2) is 11.9 Å². The van der Waals surface area contributed by atoms with E-state index in [9.17, 15) is 17.6 Å². The summed E-state index contributed by atoms with van der Waals surface area (Å²) in [5.74, 6) is -0.944. The maximum Gasteiger partial charge on any atom is 0.409 e. The zero-order chi connectivity index (χ0) is 21.3. The topological polar surface area (TPSA) is 12.4 Å². The summed E-state index contributed by atoms with van der Waals surface area (Å²) < 4.78 is 58.2. The molecular weight excluding hydrogens is 501 g/mol. The van der Waals surface area contributed by atoms with Crippen molar-refractivity contribution in [1.82, 2.24) is 0 Å². The van der Waals surface area contributed by atoms with Crippen molar-refractivity contribution < 1.29 is 17.6 Å². The van der Waals surface area contributed by atoms with E-state index in [1.165, 1.54) is 0 Å². The fraction of sp³-hybridized carbons (Fsp3) is 0.316. The molecule has 0 saturated carbocycles. The molecule has 0 saturated heterocycles. The third-order valence-electron chi connectivity index (χ3n) is 4.14.